The minimum atomic E-state index is -0.473. The first-order chi connectivity index (χ1) is 16.1. The molecule has 3 heterocycles. The summed E-state index contributed by atoms with van der Waals surface area (Å²) in [4.78, 5) is 13.2. The number of β-amino-alcohol motifs (C(OH)–C–C–N with tert-alkyl or cyclic N) is 1. The van der Waals surface area contributed by atoms with Gasteiger partial charge in [0.25, 0.3) is 0 Å². The van der Waals surface area contributed by atoms with Gasteiger partial charge in [-0.15, -0.1) is 0 Å². The molecule has 0 amide bonds. The molecule has 3 aromatic rings. The number of aliphatic hydroxyl groups excluding tert-OH is 1. The van der Waals surface area contributed by atoms with Crippen LogP contribution in [0.1, 0.15) is 17.5 Å². The van der Waals surface area contributed by atoms with Crippen molar-refractivity contribution in [2.45, 2.75) is 31.5 Å². The summed E-state index contributed by atoms with van der Waals surface area (Å²) >= 11 is 0. The Hall–Kier alpha value is -3.23. The normalized spacial score (nSPS) is 20.9. The van der Waals surface area contributed by atoms with Crippen LogP contribution in [0.3, 0.4) is 0 Å². The van der Waals surface area contributed by atoms with Gasteiger partial charge in [-0.25, -0.2) is 14.4 Å². The third kappa shape index (κ3) is 4.62. The number of anilines is 3. The number of fused-ring (bicyclic) bond motifs is 1. The standard InChI is InChI=1S/C25H28FN5O2/c1-33-23-7-6-19(26)12-20(23)29-24-13-25(28-16-27-24)31-11-9-21(22(32)15-31)30-10-8-17-4-2-3-5-18(17)14-30/h2-7,12-13,16,21-22,32H,8-11,14-15H2,1H3,(H,27,28,29). The maximum atomic E-state index is 13.7. The highest BCUT2D eigenvalue weighted by Crippen LogP contribution is 2.30. The van der Waals surface area contributed by atoms with E-state index in [0.29, 0.717) is 23.8 Å². The second kappa shape index (κ2) is 9.33. The van der Waals surface area contributed by atoms with E-state index in [-0.39, 0.29) is 11.9 Å². The third-order valence-electron chi connectivity index (χ3n) is 6.58. The van der Waals surface area contributed by atoms with Crippen molar-refractivity contribution in [3.63, 3.8) is 0 Å². The zero-order valence-electron chi connectivity index (χ0n) is 18.6. The monoisotopic (exact) mass is 449 g/mol. The molecule has 2 aromatic carbocycles. The zero-order valence-corrected chi connectivity index (χ0v) is 18.6. The van der Waals surface area contributed by atoms with Crippen molar-refractivity contribution in [2.75, 3.05) is 37.0 Å². The Morgan fingerprint density at radius 3 is 2.76 bits per heavy atom. The molecule has 2 aliphatic rings. The topological polar surface area (TPSA) is 73.8 Å². The molecule has 5 rings (SSSR count). The van der Waals surface area contributed by atoms with Crippen LogP contribution in [0.15, 0.2) is 54.9 Å². The van der Waals surface area contributed by atoms with E-state index in [2.05, 4.69) is 49.4 Å². The molecule has 0 radical (unpaired) electrons. The first-order valence-corrected chi connectivity index (χ1v) is 11.3. The zero-order chi connectivity index (χ0) is 22.8. The number of piperidine rings is 1. The number of nitrogens with one attached hydrogen (secondary N) is 1. The van der Waals surface area contributed by atoms with Crippen molar-refractivity contribution in [3.8, 4) is 5.75 Å². The maximum Gasteiger partial charge on any atom is 0.142 e. The largest absolute Gasteiger partial charge is 0.495 e. The van der Waals surface area contributed by atoms with Gasteiger partial charge in [-0.2, -0.15) is 0 Å². The molecular weight excluding hydrogens is 421 g/mol. The van der Waals surface area contributed by atoms with Crippen LogP contribution in [0.5, 0.6) is 5.75 Å². The number of rotatable bonds is 5. The number of aliphatic hydroxyl groups is 1. The Labute approximate surface area is 192 Å². The summed E-state index contributed by atoms with van der Waals surface area (Å²) in [5.41, 5.74) is 3.26. The summed E-state index contributed by atoms with van der Waals surface area (Å²) < 4.78 is 19.0. The van der Waals surface area contributed by atoms with Crippen LogP contribution in [0.25, 0.3) is 0 Å². The van der Waals surface area contributed by atoms with Gasteiger partial charge in [0.2, 0.25) is 0 Å². The molecule has 2 N–H and O–H groups in total. The van der Waals surface area contributed by atoms with Gasteiger partial charge >= 0.3 is 0 Å². The first kappa shape index (κ1) is 21.6. The molecule has 33 heavy (non-hydrogen) atoms. The number of aromatic nitrogens is 2. The van der Waals surface area contributed by atoms with Gasteiger partial charge in [-0.05, 0) is 36.1 Å². The number of nitrogens with zero attached hydrogens (tertiary/aromatic N) is 4. The van der Waals surface area contributed by atoms with E-state index in [9.17, 15) is 9.50 Å². The summed E-state index contributed by atoms with van der Waals surface area (Å²) in [6, 6.07) is 14.8. The van der Waals surface area contributed by atoms with Crippen molar-refractivity contribution < 1.29 is 14.2 Å². The van der Waals surface area contributed by atoms with Gasteiger partial charge < -0.3 is 20.1 Å². The summed E-state index contributed by atoms with van der Waals surface area (Å²) in [5.74, 6) is 1.42. The third-order valence-corrected chi connectivity index (χ3v) is 6.58. The highest BCUT2D eigenvalue weighted by Gasteiger charge is 2.34. The van der Waals surface area contributed by atoms with Crippen LogP contribution >= 0.6 is 0 Å². The fraction of sp³-hybridized carbons (Fsp3) is 0.360. The van der Waals surface area contributed by atoms with Gasteiger partial charge in [0.05, 0.1) is 18.9 Å². The number of benzene rings is 2. The minimum absolute atomic E-state index is 0.130. The molecule has 2 atom stereocenters. The number of halogens is 1. The summed E-state index contributed by atoms with van der Waals surface area (Å²) in [6.45, 7) is 3.15. The van der Waals surface area contributed by atoms with E-state index in [0.717, 1.165) is 38.3 Å². The van der Waals surface area contributed by atoms with Gasteiger partial charge in [0.1, 0.15) is 29.5 Å². The molecule has 0 bridgehead atoms. The molecule has 8 heteroatoms. The van der Waals surface area contributed by atoms with E-state index in [1.54, 1.807) is 6.07 Å². The quantitative estimate of drug-likeness (QED) is 0.619. The molecule has 172 valence electrons. The average molecular weight is 450 g/mol. The highest BCUT2D eigenvalue weighted by molar-refractivity contribution is 5.65. The van der Waals surface area contributed by atoms with Crippen LogP contribution < -0.4 is 15.0 Å². The van der Waals surface area contributed by atoms with Crippen molar-refractivity contribution in [1.29, 1.82) is 0 Å². The van der Waals surface area contributed by atoms with Crippen molar-refractivity contribution in [3.05, 3.63) is 71.8 Å². The molecule has 0 spiro atoms. The van der Waals surface area contributed by atoms with Gasteiger partial charge in [-0.3, -0.25) is 4.90 Å². The predicted octanol–water partition coefficient (Wildman–Crippen LogP) is 3.37. The Balaban J connectivity index is 1.26. The number of methoxy groups -OCH3 is 1. The minimum Gasteiger partial charge on any atom is -0.495 e. The van der Waals surface area contributed by atoms with Crippen molar-refractivity contribution in [2.24, 2.45) is 0 Å². The molecule has 2 unspecified atom stereocenters. The van der Waals surface area contributed by atoms with Crippen LogP contribution in [0, 0.1) is 5.82 Å². The van der Waals surface area contributed by atoms with Crippen molar-refractivity contribution >= 4 is 17.3 Å². The molecular formula is C25H28FN5O2. The SMILES string of the molecule is COc1ccc(F)cc1Nc1cc(N2CCC(N3CCc4ccccc4C3)C(O)C2)ncn1. The van der Waals surface area contributed by atoms with E-state index < -0.39 is 6.10 Å². The lowest BCUT2D eigenvalue weighted by Crippen LogP contribution is -2.55. The first-order valence-electron chi connectivity index (χ1n) is 11.3. The molecule has 1 aromatic heterocycles. The lowest BCUT2D eigenvalue weighted by Gasteiger charge is -2.43. The van der Waals surface area contributed by atoms with Crippen LogP contribution in [0.4, 0.5) is 21.7 Å². The number of hydrogen-bond donors (Lipinski definition) is 2. The lowest BCUT2D eigenvalue weighted by molar-refractivity contribution is 0.0293. The van der Waals surface area contributed by atoms with Crippen LogP contribution in [0.2, 0.25) is 0 Å². The van der Waals surface area contributed by atoms with E-state index in [1.807, 2.05) is 6.07 Å². The summed E-state index contributed by atoms with van der Waals surface area (Å²) in [5, 5.41) is 14.1. The van der Waals surface area contributed by atoms with Gasteiger partial charge in [0.15, 0.2) is 0 Å². The fourth-order valence-corrected chi connectivity index (χ4v) is 4.86. The summed E-state index contributed by atoms with van der Waals surface area (Å²) in [7, 11) is 1.54. The van der Waals surface area contributed by atoms with Gasteiger partial charge in [0, 0.05) is 44.4 Å². The Bertz CT molecular complexity index is 1130. The van der Waals surface area contributed by atoms with Crippen LogP contribution in [-0.4, -0.2) is 58.9 Å². The number of hydrogen-bond acceptors (Lipinski definition) is 7. The highest BCUT2D eigenvalue weighted by atomic mass is 19.1. The molecule has 1 fully saturated rings. The summed E-state index contributed by atoms with van der Waals surface area (Å²) in [6.07, 6.45) is 2.88. The molecule has 2 aliphatic heterocycles. The van der Waals surface area contributed by atoms with Gasteiger partial charge in [-0.1, -0.05) is 24.3 Å². The lowest BCUT2D eigenvalue weighted by atomic mass is 9.94. The second-order valence-electron chi connectivity index (χ2n) is 8.59. The van der Waals surface area contributed by atoms with E-state index in [1.165, 1.54) is 36.7 Å². The molecule has 1 saturated heterocycles. The van der Waals surface area contributed by atoms with Crippen LogP contribution in [-0.2, 0) is 13.0 Å². The Morgan fingerprint density at radius 1 is 1.09 bits per heavy atom. The Morgan fingerprint density at radius 2 is 1.94 bits per heavy atom. The Kier molecular flexibility index (Phi) is 6.11. The number of ether oxygens (including phenoxy) is 1. The maximum absolute atomic E-state index is 13.7. The van der Waals surface area contributed by atoms with Crippen molar-refractivity contribution in [1.82, 2.24) is 14.9 Å². The molecule has 0 saturated carbocycles. The van der Waals surface area contributed by atoms with E-state index >= 15 is 0 Å². The molecule has 0 aliphatic carbocycles. The fourth-order valence-electron chi connectivity index (χ4n) is 4.86. The second-order valence-corrected chi connectivity index (χ2v) is 8.59. The van der Waals surface area contributed by atoms with E-state index in [4.69, 9.17) is 4.74 Å². The molecule has 7 nitrogen and oxygen atoms in total. The average Bonchev–Trinajstić information content (AvgIpc) is 2.84. The predicted molar refractivity (Wildman–Crippen MR) is 125 cm³/mol. The smallest absolute Gasteiger partial charge is 0.142 e.